The van der Waals surface area contributed by atoms with E-state index in [0.717, 1.165) is 11.6 Å². The van der Waals surface area contributed by atoms with Crippen molar-refractivity contribution in [2.24, 2.45) is 5.10 Å². The number of hydrogen-bond donors (Lipinski definition) is 1. The Morgan fingerprint density at radius 2 is 1.82 bits per heavy atom. The van der Waals surface area contributed by atoms with Gasteiger partial charge in [-0.25, -0.2) is 4.79 Å². The molecule has 1 aliphatic heterocycles. The van der Waals surface area contributed by atoms with Gasteiger partial charge in [-0.1, -0.05) is 54.1 Å². The van der Waals surface area contributed by atoms with Crippen LogP contribution in [0.15, 0.2) is 77.9 Å². The lowest BCUT2D eigenvalue weighted by molar-refractivity contribution is -0.137. The van der Waals surface area contributed by atoms with E-state index in [1.165, 1.54) is 18.2 Å². The molecule has 3 aromatic carbocycles. The van der Waals surface area contributed by atoms with Crippen LogP contribution in [0.4, 0.5) is 18.9 Å². The summed E-state index contributed by atoms with van der Waals surface area (Å²) in [5, 5.41) is 8.55. The fourth-order valence-corrected chi connectivity index (χ4v) is 4.71. The van der Waals surface area contributed by atoms with E-state index in [-0.39, 0.29) is 19.1 Å². The van der Waals surface area contributed by atoms with Crippen molar-refractivity contribution in [1.82, 2.24) is 5.01 Å². The Hall–Kier alpha value is -3.85. The first kappa shape index (κ1) is 27.2. The highest BCUT2D eigenvalue weighted by molar-refractivity contribution is 6.32. The van der Waals surface area contributed by atoms with Crippen molar-refractivity contribution < 1.29 is 27.5 Å². The topological polar surface area (TPSA) is 71.0 Å². The third kappa shape index (κ3) is 5.83. The molecule has 0 aromatic heterocycles. The molecule has 1 N–H and O–H groups in total. The number of amides is 1. The monoisotopic (exact) mass is 543 g/mol. The van der Waals surface area contributed by atoms with Gasteiger partial charge in [0.25, 0.3) is 0 Å². The van der Waals surface area contributed by atoms with Crippen molar-refractivity contribution in [2.75, 3.05) is 25.0 Å². The zero-order chi connectivity index (χ0) is 27.5. The Balaban J connectivity index is 1.60. The molecule has 1 atom stereocenters. The van der Waals surface area contributed by atoms with Crippen molar-refractivity contribution in [3.8, 4) is 0 Å². The summed E-state index contributed by atoms with van der Waals surface area (Å²) in [5.74, 6) is -0.872. The summed E-state index contributed by atoms with van der Waals surface area (Å²) < 4.78 is 44.8. The lowest BCUT2D eigenvalue weighted by atomic mass is 9.76. The number of carbonyl (C=O) groups is 2. The molecular formula is C28H25ClF3N3O3. The molecule has 0 radical (unpaired) electrons. The van der Waals surface area contributed by atoms with E-state index in [0.29, 0.717) is 29.1 Å². The summed E-state index contributed by atoms with van der Waals surface area (Å²) in [7, 11) is 0. The Bertz CT molecular complexity index is 1380. The first-order valence-electron chi connectivity index (χ1n) is 11.8. The maximum Gasteiger partial charge on any atom is 0.417 e. The van der Waals surface area contributed by atoms with Gasteiger partial charge < -0.3 is 10.1 Å². The highest BCUT2D eigenvalue weighted by Crippen LogP contribution is 2.39. The number of carbonyl (C=O) groups excluding carboxylic acids is 2. The van der Waals surface area contributed by atoms with Crippen LogP contribution in [-0.2, 0) is 21.1 Å². The molecule has 6 nitrogen and oxygen atoms in total. The molecule has 10 heteroatoms. The van der Waals surface area contributed by atoms with Crippen molar-refractivity contribution in [3.05, 3.63) is 100 Å². The van der Waals surface area contributed by atoms with Gasteiger partial charge in [0.05, 0.1) is 40.4 Å². The first-order chi connectivity index (χ1) is 18.0. The van der Waals surface area contributed by atoms with Crippen LogP contribution in [0.2, 0.25) is 5.02 Å². The minimum atomic E-state index is -4.58. The molecule has 4 rings (SSSR count). The molecule has 0 saturated heterocycles. The first-order valence-corrected chi connectivity index (χ1v) is 12.2. The predicted molar refractivity (Wildman–Crippen MR) is 139 cm³/mol. The van der Waals surface area contributed by atoms with Gasteiger partial charge in [0.2, 0.25) is 5.91 Å². The standard InChI is InChI=1S/C28H25ClF3N3O3/c1-3-38-26(37)19-8-7-11-21(14-19)33-24(36)16-35-17-27(2,20-9-5-4-6-10-20)25(34-35)18-12-13-22(23(29)15-18)28(30,31)32/h4-15H,3,16-17H2,1-2H3,(H,33,36). The van der Waals surface area contributed by atoms with Crippen LogP contribution >= 0.6 is 11.6 Å². The van der Waals surface area contributed by atoms with Crippen LogP contribution in [0.3, 0.4) is 0 Å². The van der Waals surface area contributed by atoms with Crippen LogP contribution in [0.25, 0.3) is 0 Å². The number of nitrogens with zero attached hydrogens (tertiary/aromatic N) is 2. The van der Waals surface area contributed by atoms with Crippen LogP contribution in [0, 0.1) is 0 Å². The molecule has 1 aliphatic rings. The molecule has 1 heterocycles. The molecule has 0 fully saturated rings. The number of benzene rings is 3. The van der Waals surface area contributed by atoms with Crippen molar-refractivity contribution >= 4 is 34.9 Å². The van der Waals surface area contributed by atoms with E-state index >= 15 is 0 Å². The summed E-state index contributed by atoms with van der Waals surface area (Å²) in [4.78, 5) is 24.9. The maximum absolute atomic E-state index is 13.3. The molecule has 198 valence electrons. The zero-order valence-electron chi connectivity index (χ0n) is 20.7. The molecular weight excluding hydrogens is 519 g/mol. The average Bonchev–Trinajstić information content (AvgIpc) is 3.20. The van der Waals surface area contributed by atoms with Gasteiger partial charge in [0.15, 0.2) is 0 Å². The van der Waals surface area contributed by atoms with E-state index in [9.17, 15) is 22.8 Å². The van der Waals surface area contributed by atoms with Gasteiger partial charge >= 0.3 is 12.1 Å². The molecule has 38 heavy (non-hydrogen) atoms. The minimum absolute atomic E-state index is 0.121. The number of halogens is 4. The molecule has 3 aromatic rings. The number of rotatable bonds is 7. The number of ether oxygens (including phenoxy) is 1. The van der Waals surface area contributed by atoms with Crippen LogP contribution < -0.4 is 5.32 Å². The Kier molecular flexibility index (Phi) is 7.78. The number of alkyl halides is 3. The molecule has 0 bridgehead atoms. The highest BCUT2D eigenvalue weighted by atomic mass is 35.5. The van der Waals surface area contributed by atoms with Gasteiger partial charge in [-0.05, 0) is 49.7 Å². The Labute approximate surface area is 223 Å². The molecule has 0 saturated carbocycles. The summed E-state index contributed by atoms with van der Waals surface area (Å²) in [6.07, 6.45) is -4.58. The maximum atomic E-state index is 13.3. The van der Waals surface area contributed by atoms with Crippen LogP contribution in [0.5, 0.6) is 0 Å². The largest absolute Gasteiger partial charge is 0.462 e. The van der Waals surface area contributed by atoms with Crippen molar-refractivity contribution in [3.63, 3.8) is 0 Å². The highest BCUT2D eigenvalue weighted by Gasteiger charge is 2.42. The summed E-state index contributed by atoms with van der Waals surface area (Å²) in [6.45, 7) is 4.05. The van der Waals surface area contributed by atoms with Gasteiger partial charge in [0, 0.05) is 11.3 Å². The second-order valence-corrected chi connectivity index (χ2v) is 9.42. The van der Waals surface area contributed by atoms with Crippen molar-refractivity contribution in [1.29, 1.82) is 0 Å². The third-order valence-corrected chi connectivity index (χ3v) is 6.52. The fraction of sp³-hybridized carbons (Fsp3) is 0.250. The summed E-state index contributed by atoms with van der Waals surface area (Å²) >= 11 is 6.01. The SMILES string of the molecule is CCOC(=O)c1cccc(NC(=O)CN2CC(C)(c3ccccc3)C(c3ccc(C(F)(F)F)c(Cl)c3)=N2)c1. The second kappa shape index (κ2) is 10.9. The van der Waals surface area contributed by atoms with E-state index in [1.807, 2.05) is 37.3 Å². The van der Waals surface area contributed by atoms with Crippen LogP contribution in [0.1, 0.15) is 40.9 Å². The van der Waals surface area contributed by atoms with Gasteiger partial charge in [-0.3, -0.25) is 9.80 Å². The van der Waals surface area contributed by atoms with Gasteiger partial charge in [0.1, 0.15) is 6.54 Å². The van der Waals surface area contributed by atoms with E-state index in [1.54, 1.807) is 30.1 Å². The van der Waals surface area contributed by atoms with E-state index in [4.69, 9.17) is 16.3 Å². The zero-order valence-corrected chi connectivity index (χ0v) is 21.4. The number of hydrogen-bond acceptors (Lipinski definition) is 5. The lowest BCUT2D eigenvalue weighted by Gasteiger charge is -2.27. The molecule has 1 amide bonds. The van der Waals surface area contributed by atoms with Gasteiger partial charge in [-0.15, -0.1) is 0 Å². The molecule has 0 spiro atoms. The number of nitrogens with one attached hydrogen (secondary N) is 1. The molecule has 0 aliphatic carbocycles. The predicted octanol–water partition coefficient (Wildman–Crippen LogP) is 6.15. The van der Waals surface area contributed by atoms with Gasteiger partial charge in [-0.2, -0.15) is 18.3 Å². The second-order valence-electron chi connectivity index (χ2n) is 9.01. The summed E-state index contributed by atoms with van der Waals surface area (Å²) in [6, 6.07) is 19.4. The number of esters is 1. The normalized spacial score (nSPS) is 17.2. The van der Waals surface area contributed by atoms with Crippen LogP contribution in [-0.4, -0.2) is 42.3 Å². The quantitative estimate of drug-likeness (QED) is 0.363. The lowest BCUT2D eigenvalue weighted by Crippen LogP contribution is -2.38. The summed E-state index contributed by atoms with van der Waals surface area (Å²) in [5.41, 5.74) is 0.889. The van der Waals surface area contributed by atoms with E-state index in [2.05, 4.69) is 10.4 Å². The van der Waals surface area contributed by atoms with E-state index < -0.39 is 28.1 Å². The third-order valence-electron chi connectivity index (χ3n) is 6.21. The molecule has 1 unspecified atom stereocenters. The number of anilines is 1. The average molecular weight is 544 g/mol. The Morgan fingerprint density at radius 1 is 1.08 bits per heavy atom. The fourth-order valence-electron chi connectivity index (χ4n) is 4.43. The van der Waals surface area contributed by atoms with Crippen molar-refractivity contribution in [2.45, 2.75) is 25.4 Å². The number of hydrazone groups is 1. The Morgan fingerprint density at radius 3 is 2.47 bits per heavy atom. The smallest absolute Gasteiger partial charge is 0.417 e. The minimum Gasteiger partial charge on any atom is -0.462 e.